The van der Waals surface area contributed by atoms with Crippen LogP contribution >= 0.6 is 0 Å². The minimum absolute atomic E-state index is 0.0599. The minimum atomic E-state index is -0.409. The molecule has 0 N–H and O–H groups in total. The van der Waals surface area contributed by atoms with Gasteiger partial charge >= 0.3 is 11.9 Å². The van der Waals surface area contributed by atoms with Crippen LogP contribution in [0.5, 0.6) is 0 Å². The third kappa shape index (κ3) is 20.1. The first-order valence-electron chi connectivity index (χ1n) is 11.1. The van der Waals surface area contributed by atoms with Crippen LogP contribution in [-0.2, 0) is 38.0 Å². The second-order valence-corrected chi connectivity index (χ2v) is 7.09. The Morgan fingerprint density at radius 2 is 1.20 bits per heavy atom. The topological polar surface area (TPSA) is 89.5 Å². The molecular weight excluding hydrogens is 392 g/mol. The Hall–Kier alpha value is -1.22. The Balaban J connectivity index is 3.79. The molecule has 178 valence electrons. The minimum Gasteiger partial charge on any atom is -0.467 e. The summed E-state index contributed by atoms with van der Waals surface area (Å²) in [4.78, 5) is 22.2. The standard InChI is InChI=1S/C22H42O8/c1-4-5-6-7-8-9-10-11-12-20(30-19-22(24)26-3)17-28-15-13-27-14-16-29-18-21(23)25-2/h20H,4-19H2,1-3H3. The van der Waals surface area contributed by atoms with E-state index in [9.17, 15) is 9.59 Å². The summed E-state index contributed by atoms with van der Waals surface area (Å²) in [5, 5.41) is 0. The van der Waals surface area contributed by atoms with Crippen molar-refractivity contribution in [3.05, 3.63) is 0 Å². The van der Waals surface area contributed by atoms with E-state index in [2.05, 4.69) is 16.4 Å². The lowest BCUT2D eigenvalue weighted by molar-refractivity contribution is -0.150. The second kappa shape index (κ2) is 22.5. The lowest BCUT2D eigenvalue weighted by Gasteiger charge is -2.17. The summed E-state index contributed by atoms with van der Waals surface area (Å²) in [5.74, 6) is -0.793. The van der Waals surface area contributed by atoms with Gasteiger partial charge in [-0.05, 0) is 6.42 Å². The molecule has 0 aromatic rings. The molecular formula is C22H42O8. The summed E-state index contributed by atoms with van der Waals surface area (Å²) in [7, 11) is 2.67. The van der Waals surface area contributed by atoms with Gasteiger partial charge < -0.3 is 28.4 Å². The fourth-order valence-electron chi connectivity index (χ4n) is 2.73. The van der Waals surface area contributed by atoms with Gasteiger partial charge in [-0.1, -0.05) is 58.3 Å². The van der Waals surface area contributed by atoms with E-state index in [1.54, 1.807) is 0 Å². The number of carbonyl (C=O) groups is 2. The number of hydrogen-bond acceptors (Lipinski definition) is 8. The number of hydrogen-bond donors (Lipinski definition) is 0. The average Bonchev–Trinajstić information content (AvgIpc) is 2.76. The van der Waals surface area contributed by atoms with Crippen LogP contribution in [-0.4, -0.2) is 78.5 Å². The van der Waals surface area contributed by atoms with Crippen LogP contribution in [0, 0.1) is 0 Å². The Morgan fingerprint density at radius 3 is 1.83 bits per heavy atom. The van der Waals surface area contributed by atoms with Crippen molar-refractivity contribution >= 4 is 11.9 Å². The molecule has 0 amide bonds. The molecule has 0 spiro atoms. The highest BCUT2D eigenvalue weighted by Crippen LogP contribution is 2.12. The van der Waals surface area contributed by atoms with E-state index in [1.807, 2.05) is 0 Å². The molecule has 0 saturated heterocycles. The van der Waals surface area contributed by atoms with Crippen molar-refractivity contribution in [2.75, 3.05) is 60.5 Å². The van der Waals surface area contributed by atoms with Crippen LogP contribution in [0.1, 0.15) is 64.7 Å². The van der Waals surface area contributed by atoms with Crippen molar-refractivity contribution in [3.8, 4) is 0 Å². The Kier molecular flexibility index (Phi) is 21.6. The van der Waals surface area contributed by atoms with E-state index < -0.39 is 5.97 Å². The van der Waals surface area contributed by atoms with Gasteiger partial charge in [0.1, 0.15) is 13.2 Å². The first-order valence-corrected chi connectivity index (χ1v) is 11.1. The number of methoxy groups -OCH3 is 2. The maximum absolute atomic E-state index is 11.3. The zero-order chi connectivity index (χ0) is 22.3. The lowest BCUT2D eigenvalue weighted by Crippen LogP contribution is -2.25. The molecule has 8 nitrogen and oxygen atoms in total. The number of esters is 2. The largest absolute Gasteiger partial charge is 0.467 e. The monoisotopic (exact) mass is 434 g/mol. The maximum atomic E-state index is 11.3. The molecule has 0 saturated carbocycles. The third-order valence-electron chi connectivity index (χ3n) is 4.54. The quantitative estimate of drug-likeness (QED) is 0.189. The normalized spacial score (nSPS) is 12.0. The Bertz CT molecular complexity index is 403. The van der Waals surface area contributed by atoms with Gasteiger partial charge in [0.2, 0.25) is 0 Å². The summed E-state index contributed by atoms with van der Waals surface area (Å²) in [6.07, 6.45) is 10.7. The molecule has 0 aliphatic rings. The molecule has 0 aliphatic carbocycles. The smallest absolute Gasteiger partial charge is 0.331 e. The third-order valence-corrected chi connectivity index (χ3v) is 4.54. The van der Waals surface area contributed by atoms with Crippen molar-refractivity contribution in [1.82, 2.24) is 0 Å². The van der Waals surface area contributed by atoms with Gasteiger partial charge in [-0.2, -0.15) is 0 Å². The molecule has 0 fully saturated rings. The molecule has 30 heavy (non-hydrogen) atoms. The van der Waals surface area contributed by atoms with Crippen LogP contribution < -0.4 is 0 Å². The first-order chi connectivity index (χ1) is 14.6. The van der Waals surface area contributed by atoms with Gasteiger partial charge in [-0.25, -0.2) is 9.59 Å². The lowest BCUT2D eigenvalue weighted by atomic mass is 10.1. The predicted molar refractivity (Wildman–Crippen MR) is 113 cm³/mol. The predicted octanol–water partition coefficient (Wildman–Crippen LogP) is 3.30. The van der Waals surface area contributed by atoms with Gasteiger partial charge in [-0.3, -0.25) is 0 Å². The number of rotatable bonds is 22. The summed E-state index contributed by atoms with van der Waals surface area (Å²) >= 11 is 0. The van der Waals surface area contributed by atoms with Crippen LogP contribution in [0.25, 0.3) is 0 Å². The molecule has 0 aromatic heterocycles. The summed E-state index contributed by atoms with van der Waals surface area (Å²) in [5.41, 5.74) is 0. The number of unbranched alkanes of at least 4 members (excludes halogenated alkanes) is 7. The summed E-state index contributed by atoms with van der Waals surface area (Å²) in [6, 6.07) is 0. The van der Waals surface area contributed by atoms with Gasteiger partial charge in [0, 0.05) is 0 Å². The highest BCUT2D eigenvalue weighted by atomic mass is 16.6. The van der Waals surface area contributed by atoms with Crippen molar-refractivity contribution in [1.29, 1.82) is 0 Å². The SMILES string of the molecule is CCCCCCCCCCC(COCCOCCOCC(=O)OC)OCC(=O)OC. The van der Waals surface area contributed by atoms with E-state index in [0.717, 1.165) is 12.8 Å². The molecule has 0 bridgehead atoms. The summed E-state index contributed by atoms with van der Waals surface area (Å²) < 4.78 is 30.8. The Morgan fingerprint density at radius 1 is 0.667 bits per heavy atom. The molecule has 0 radical (unpaired) electrons. The highest BCUT2D eigenvalue weighted by molar-refractivity contribution is 5.70. The van der Waals surface area contributed by atoms with Crippen molar-refractivity contribution < 1.29 is 38.0 Å². The van der Waals surface area contributed by atoms with Crippen LogP contribution in [0.2, 0.25) is 0 Å². The van der Waals surface area contributed by atoms with Crippen LogP contribution in [0.3, 0.4) is 0 Å². The zero-order valence-corrected chi connectivity index (χ0v) is 19.2. The van der Waals surface area contributed by atoms with Crippen molar-refractivity contribution in [3.63, 3.8) is 0 Å². The van der Waals surface area contributed by atoms with E-state index in [1.165, 1.54) is 59.2 Å². The summed E-state index contributed by atoms with van der Waals surface area (Å²) in [6.45, 7) is 4.04. The van der Waals surface area contributed by atoms with Gasteiger partial charge in [0.15, 0.2) is 0 Å². The van der Waals surface area contributed by atoms with Gasteiger partial charge in [-0.15, -0.1) is 0 Å². The molecule has 0 rings (SSSR count). The molecule has 1 unspecified atom stereocenters. The molecule has 0 aliphatic heterocycles. The maximum Gasteiger partial charge on any atom is 0.331 e. The zero-order valence-electron chi connectivity index (χ0n) is 19.2. The van der Waals surface area contributed by atoms with E-state index in [4.69, 9.17) is 18.9 Å². The molecule has 8 heteroatoms. The average molecular weight is 435 g/mol. The number of carbonyl (C=O) groups excluding carboxylic acids is 2. The van der Waals surface area contributed by atoms with E-state index >= 15 is 0 Å². The van der Waals surface area contributed by atoms with Gasteiger partial charge in [0.25, 0.3) is 0 Å². The van der Waals surface area contributed by atoms with Crippen LogP contribution in [0.15, 0.2) is 0 Å². The fraction of sp³-hybridized carbons (Fsp3) is 0.909. The molecule has 0 heterocycles. The molecule has 1 atom stereocenters. The Labute approximate surface area is 181 Å². The highest BCUT2D eigenvalue weighted by Gasteiger charge is 2.12. The van der Waals surface area contributed by atoms with Crippen LogP contribution in [0.4, 0.5) is 0 Å². The number of ether oxygens (including phenoxy) is 6. The van der Waals surface area contributed by atoms with E-state index in [-0.39, 0.29) is 25.3 Å². The van der Waals surface area contributed by atoms with Crippen molar-refractivity contribution in [2.45, 2.75) is 70.8 Å². The molecule has 0 aromatic carbocycles. The van der Waals surface area contributed by atoms with Gasteiger partial charge in [0.05, 0.1) is 53.4 Å². The first kappa shape index (κ1) is 28.8. The van der Waals surface area contributed by atoms with Crippen molar-refractivity contribution in [2.24, 2.45) is 0 Å². The fourth-order valence-corrected chi connectivity index (χ4v) is 2.73. The second-order valence-electron chi connectivity index (χ2n) is 7.09. The van der Waals surface area contributed by atoms with E-state index in [0.29, 0.717) is 33.0 Å².